The third-order valence-electron chi connectivity index (χ3n) is 6.81. The first kappa shape index (κ1) is 23.5. The van der Waals surface area contributed by atoms with E-state index in [9.17, 15) is 14.7 Å². The fourth-order valence-electron chi connectivity index (χ4n) is 5.05. The van der Waals surface area contributed by atoms with Crippen molar-refractivity contribution in [2.75, 3.05) is 32.1 Å². The summed E-state index contributed by atoms with van der Waals surface area (Å²) < 4.78 is 5.31. The van der Waals surface area contributed by atoms with Gasteiger partial charge in [0.15, 0.2) is 0 Å². The summed E-state index contributed by atoms with van der Waals surface area (Å²) in [6.45, 7) is 0.216. The molecule has 2 aliphatic heterocycles. The maximum atomic E-state index is 13.0. The molecule has 3 amide bonds. The lowest BCUT2D eigenvalue weighted by Gasteiger charge is -2.58. The molecule has 3 aromatic rings. The molecule has 3 atom stereocenters. The smallest absolute Gasteiger partial charge is 0.322 e. The summed E-state index contributed by atoms with van der Waals surface area (Å²) in [5.41, 5.74) is 3.39. The van der Waals surface area contributed by atoms with Crippen molar-refractivity contribution in [3.63, 3.8) is 0 Å². The van der Waals surface area contributed by atoms with Gasteiger partial charge in [0.2, 0.25) is 5.91 Å². The Hall–Kier alpha value is -4.28. The van der Waals surface area contributed by atoms with Crippen LogP contribution < -0.4 is 10.1 Å². The number of aliphatic hydroxyl groups is 1. The summed E-state index contributed by atoms with van der Waals surface area (Å²) in [7, 11) is 1.54. The SMILES string of the molecule is COc1ccccc1NC(=O)N1CC(=O)N2[C@H](C1)[C@@H](c1ccc(C#Cc3ccccc3)cc1)[C@@H]2CO. The molecule has 36 heavy (non-hydrogen) atoms. The number of aliphatic hydroxyl groups excluding tert-OH is 1. The number of hydrogen-bond acceptors (Lipinski definition) is 4. The van der Waals surface area contributed by atoms with E-state index >= 15 is 0 Å². The zero-order valence-corrected chi connectivity index (χ0v) is 19.9. The second-order valence-electron chi connectivity index (χ2n) is 8.89. The van der Waals surface area contributed by atoms with Crippen molar-refractivity contribution < 1.29 is 19.4 Å². The monoisotopic (exact) mass is 481 g/mol. The highest BCUT2D eigenvalue weighted by Crippen LogP contribution is 2.43. The molecule has 2 saturated heterocycles. The van der Waals surface area contributed by atoms with Crippen LogP contribution in [0.4, 0.5) is 10.5 Å². The highest BCUT2D eigenvalue weighted by Gasteiger charge is 2.54. The number of rotatable bonds is 4. The van der Waals surface area contributed by atoms with Gasteiger partial charge in [-0.3, -0.25) is 4.79 Å². The van der Waals surface area contributed by atoms with Crippen molar-refractivity contribution >= 4 is 17.6 Å². The number of anilines is 1. The third-order valence-corrected chi connectivity index (χ3v) is 6.81. The molecule has 7 nitrogen and oxygen atoms in total. The standard InChI is InChI=1S/C29H27N3O4/c1-36-26-10-6-5-9-23(26)30-29(35)31-17-24-28(25(19-33)32(24)27(34)18-31)22-15-13-21(14-16-22)12-11-20-7-3-2-4-8-20/h2-10,13-16,24-25,28,33H,17-19H2,1H3,(H,30,35)/t24-,25+,28-/m1/s1. The number of carbonyl (C=O) groups excluding carboxylic acids is 2. The van der Waals surface area contributed by atoms with Crippen LogP contribution in [0.5, 0.6) is 5.75 Å². The van der Waals surface area contributed by atoms with Gasteiger partial charge in [0, 0.05) is 23.6 Å². The Morgan fingerprint density at radius 1 is 1.00 bits per heavy atom. The second-order valence-corrected chi connectivity index (χ2v) is 8.89. The van der Waals surface area contributed by atoms with Gasteiger partial charge < -0.3 is 25.0 Å². The number of ether oxygens (including phenoxy) is 1. The highest BCUT2D eigenvalue weighted by molar-refractivity contribution is 5.94. The van der Waals surface area contributed by atoms with Crippen LogP contribution in [-0.2, 0) is 4.79 Å². The molecule has 2 N–H and O–H groups in total. The van der Waals surface area contributed by atoms with Crippen LogP contribution >= 0.6 is 0 Å². The Labute approximate surface area is 210 Å². The van der Waals surface area contributed by atoms with E-state index in [4.69, 9.17) is 4.74 Å². The number of piperazine rings is 1. The van der Waals surface area contributed by atoms with Crippen LogP contribution in [0.15, 0.2) is 78.9 Å². The van der Waals surface area contributed by atoms with Gasteiger partial charge in [0.1, 0.15) is 12.3 Å². The Bertz CT molecular complexity index is 1310. The minimum Gasteiger partial charge on any atom is -0.495 e. The molecule has 182 valence electrons. The molecule has 3 aromatic carbocycles. The molecule has 2 fully saturated rings. The molecule has 0 aliphatic carbocycles. The number of urea groups is 1. The quantitative estimate of drug-likeness (QED) is 0.561. The van der Waals surface area contributed by atoms with Gasteiger partial charge in [-0.1, -0.05) is 54.3 Å². The van der Waals surface area contributed by atoms with Gasteiger partial charge in [-0.2, -0.15) is 0 Å². The predicted octanol–water partition coefficient (Wildman–Crippen LogP) is 3.30. The van der Waals surface area contributed by atoms with Crippen LogP contribution in [0.2, 0.25) is 0 Å². The molecule has 0 aromatic heterocycles. The lowest BCUT2D eigenvalue weighted by atomic mass is 9.73. The first-order chi connectivity index (χ1) is 17.6. The zero-order chi connectivity index (χ0) is 25.1. The molecule has 5 rings (SSSR count). The van der Waals surface area contributed by atoms with E-state index in [0.29, 0.717) is 18.0 Å². The summed E-state index contributed by atoms with van der Waals surface area (Å²) in [5, 5.41) is 12.9. The summed E-state index contributed by atoms with van der Waals surface area (Å²) in [6, 6.07) is 24.0. The van der Waals surface area contributed by atoms with Crippen molar-refractivity contribution in [2.45, 2.75) is 18.0 Å². The number of amides is 3. The van der Waals surface area contributed by atoms with Crippen molar-refractivity contribution in [3.8, 4) is 17.6 Å². The van der Waals surface area contributed by atoms with Crippen molar-refractivity contribution in [1.82, 2.24) is 9.80 Å². The molecule has 0 radical (unpaired) electrons. The summed E-state index contributed by atoms with van der Waals surface area (Å²) in [4.78, 5) is 29.2. The molecule has 2 aliphatic rings. The van der Waals surface area contributed by atoms with Gasteiger partial charge in [-0.25, -0.2) is 4.79 Å². The molecule has 0 saturated carbocycles. The minimum atomic E-state index is -0.356. The number of carbonyl (C=O) groups is 2. The molecule has 0 bridgehead atoms. The Morgan fingerprint density at radius 3 is 2.36 bits per heavy atom. The largest absolute Gasteiger partial charge is 0.495 e. The third kappa shape index (κ3) is 4.51. The van der Waals surface area contributed by atoms with Crippen molar-refractivity contribution in [1.29, 1.82) is 0 Å². The maximum absolute atomic E-state index is 13.0. The van der Waals surface area contributed by atoms with Crippen LogP contribution in [0, 0.1) is 11.8 Å². The van der Waals surface area contributed by atoms with E-state index in [-0.39, 0.29) is 43.1 Å². The molecule has 7 heteroatoms. The minimum absolute atomic E-state index is 0.0330. The second kappa shape index (κ2) is 10.1. The molecular formula is C29H27N3O4. The van der Waals surface area contributed by atoms with Gasteiger partial charge in [-0.15, -0.1) is 0 Å². The average molecular weight is 482 g/mol. The lowest BCUT2D eigenvalue weighted by molar-refractivity contribution is -0.159. The van der Waals surface area contributed by atoms with Crippen LogP contribution in [0.25, 0.3) is 0 Å². The number of hydrogen-bond donors (Lipinski definition) is 2. The van der Waals surface area contributed by atoms with E-state index in [1.165, 1.54) is 4.90 Å². The van der Waals surface area contributed by atoms with Gasteiger partial charge in [-0.05, 0) is 42.0 Å². The molecule has 0 spiro atoms. The first-order valence-corrected chi connectivity index (χ1v) is 11.9. The average Bonchev–Trinajstić information content (AvgIpc) is 2.90. The van der Waals surface area contributed by atoms with E-state index < -0.39 is 0 Å². The van der Waals surface area contributed by atoms with Gasteiger partial charge >= 0.3 is 6.03 Å². The summed E-state index contributed by atoms with van der Waals surface area (Å²) in [5.74, 6) is 6.64. The van der Waals surface area contributed by atoms with E-state index in [1.807, 2.05) is 66.7 Å². The maximum Gasteiger partial charge on any atom is 0.322 e. The van der Waals surface area contributed by atoms with E-state index in [2.05, 4.69) is 17.2 Å². The van der Waals surface area contributed by atoms with Gasteiger partial charge in [0.25, 0.3) is 0 Å². The number of para-hydroxylation sites is 2. The van der Waals surface area contributed by atoms with Crippen LogP contribution in [0.1, 0.15) is 22.6 Å². The Balaban J connectivity index is 1.31. The van der Waals surface area contributed by atoms with Crippen LogP contribution in [-0.4, -0.2) is 65.7 Å². The van der Waals surface area contributed by atoms with Crippen molar-refractivity contribution in [3.05, 3.63) is 95.6 Å². The van der Waals surface area contributed by atoms with Crippen LogP contribution in [0.3, 0.4) is 0 Å². The first-order valence-electron chi connectivity index (χ1n) is 11.9. The summed E-state index contributed by atoms with van der Waals surface area (Å²) in [6.07, 6.45) is 0. The van der Waals surface area contributed by atoms with E-state index in [0.717, 1.165) is 16.7 Å². The fraction of sp³-hybridized carbons (Fsp3) is 0.241. The topological polar surface area (TPSA) is 82.1 Å². The molecule has 0 unspecified atom stereocenters. The number of nitrogens with one attached hydrogen (secondary N) is 1. The fourth-order valence-corrected chi connectivity index (χ4v) is 5.05. The number of fused-ring (bicyclic) bond motifs is 1. The zero-order valence-electron chi connectivity index (χ0n) is 19.9. The lowest BCUT2D eigenvalue weighted by Crippen LogP contribution is -2.73. The molecule has 2 heterocycles. The van der Waals surface area contributed by atoms with E-state index in [1.54, 1.807) is 24.1 Å². The molecular weight excluding hydrogens is 454 g/mol. The number of benzene rings is 3. The number of methoxy groups -OCH3 is 1. The highest BCUT2D eigenvalue weighted by atomic mass is 16.5. The number of nitrogens with zero attached hydrogens (tertiary/aromatic N) is 2. The van der Waals surface area contributed by atoms with Crippen molar-refractivity contribution in [2.24, 2.45) is 0 Å². The van der Waals surface area contributed by atoms with Gasteiger partial charge in [0.05, 0.1) is 31.5 Å². The predicted molar refractivity (Wildman–Crippen MR) is 137 cm³/mol. The Kier molecular flexibility index (Phi) is 6.61. The Morgan fingerprint density at radius 2 is 1.67 bits per heavy atom. The summed E-state index contributed by atoms with van der Waals surface area (Å²) >= 11 is 0. The normalized spacial score (nSPS) is 20.5.